The molecule has 4 heteroatoms. The van der Waals surface area contributed by atoms with Gasteiger partial charge in [-0.3, -0.25) is 4.79 Å². The van der Waals surface area contributed by atoms with Crippen LogP contribution in [0.2, 0.25) is 0 Å². The molecule has 128 valence electrons. The predicted octanol–water partition coefficient (Wildman–Crippen LogP) is 2.76. The van der Waals surface area contributed by atoms with Crippen LogP contribution in [0, 0.1) is 0 Å². The van der Waals surface area contributed by atoms with Crippen LogP contribution in [-0.4, -0.2) is 32.2 Å². The van der Waals surface area contributed by atoms with Crippen LogP contribution in [-0.2, 0) is 14.9 Å². The fraction of sp³-hybridized carbons (Fsp3) is 0.632. The molecule has 1 saturated heterocycles. The van der Waals surface area contributed by atoms with Crippen molar-refractivity contribution >= 4 is 5.91 Å². The first kappa shape index (κ1) is 18.0. The highest BCUT2D eigenvalue weighted by Gasteiger charge is 2.34. The average Bonchev–Trinajstić information content (AvgIpc) is 2.61. The smallest absolute Gasteiger partial charge is 0.220 e. The monoisotopic (exact) mass is 318 g/mol. The highest BCUT2D eigenvalue weighted by Crippen LogP contribution is 2.34. The van der Waals surface area contributed by atoms with Gasteiger partial charge in [-0.25, -0.2) is 0 Å². The molecule has 1 aliphatic heterocycles. The van der Waals surface area contributed by atoms with Gasteiger partial charge in [0.2, 0.25) is 5.91 Å². The summed E-state index contributed by atoms with van der Waals surface area (Å²) in [7, 11) is 0. The number of amides is 1. The molecular weight excluding hydrogens is 288 g/mol. The largest absolute Gasteiger partial charge is 0.381 e. The molecule has 1 aromatic carbocycles. The molecule has 1 aromatic rings. The minimum atomic E-state index is 0.0225. The molecule has 23 heavy (non-hydrogen) atoms. The van der Waals surface area contributed by atoms with Gasteiger partial charge in [0.25, 0.3) is 0 Å². The molecule has 0 spiro atoms. The van der Waals surface area contributed by atoms with Gasteiger partial charge in [-0.05, 0) is 37.8 Å². The van der Waals surface area contributed by atoms with E-state index in [4.69, 9.17) is 10.5 Å². The summed E-state index contributed by atoms with van der Waals surface area (Å²) in [5, 5.41) is 3.16. The quantitative estimate of drug-likeness (QED) is 0.688. The van der Waals surface area contributed by atoms with Crippen LogP contribution in [0.5, 0.6) is 0 Å². The Balaban J connectivity index is 1.83. The van der Waals surface area contributed by atoms with E-state index in [0.717, 1.165) is 58.3 Å². The number of hydrogen-bond acceptors (Lipinski definition) is 3. The van der Waals surface area contributed by atoms with Crippen molar-refractivity contribution in [2.24, 2.45) is 5.73 Å². The molecule has 3 N–H and O–H groups in total. The number of ether oxygens (including phenoxy) is 1. The maximum Gasteiger partial charge on any atom is 0.220 e. The number of unbranched alkanes of at least 4 members (excludes halogenated alkanes) is 3. The van der Waals surface area contributed by atoms with Crippen LogP contribution in [0.3, 0.4) is 0 Å². The topological polar surface area (TPSA) is 64.4 Å². The lowest BCUT2D eigenvalue weighted by atomic mass is 9.74. The van der Waals surface area contributed by atoms with E-state index in [1.165, 1.54) is 5.56 Å². The third-order valence-electron chi connectivity index (χ3n) is 4.82. The maximum absolute atomic E-state index is 12.1. The lowest BCUT2D eigenvalue weighted by Gasteiger charge is -2.38. The standard InChI is InChI=1S/C19H30N2O2/c20-13-7-2-1-6-10-18(22)21-16-19(11-14-23-15-12-19)17-8-4-3-5-9-17/h3-5,8-9H,1-2,6-7,10-16,20H2,(H,21,22). The SMILES string of the molecule is NCCCCCCC(=O)NCC1(c2ccccc2)CCOCC1. The van der Waals surface area contributed by atoms with Crippen LogP contribution in [0.4, 0.5) is 0 Å². The lowest BCUT2D eigenvalue weighted by Crippen LogP contribution is -2.44. The van der Waals surface area contributed by atoms with Gasteiger partial charge in [-0.2, -0.15) is 0 Å². The summed E-state index contributed by atoms with van der Waals surface area (Å²) in [5.41, 5.74) is 6.82. The number of benzene rings is 1. The van der Waals surface area contributed by atoms with Crippen LogP contribution in [0.25, 0.3) is 0 Å². The van der Waals surface area contributed by atoms with Crippen LogP contribution >= 0.6 is 0 Å². The molecule has 0 saturated carbocycles. The van der Waals surface area contributed by atoms with E-state index in [9.17, 15) is 4.79 Å². The van der Waals surface area contributed by atoms with E-state index in [0.29, 0.717) is 13.0 Å². The third-order valence-corrected chi connectivity index (χ3v) is 4.82. The number of hydrogen-bond donors (Lipinski definition) is 2. The second kappa shape index (κ2) is 9.68. The summed E-state index contributed by atoms with van der Waals surface area (Å²) in [6.07, 6.45) is 6.76. The first-order valence-electron chi connectivity index (χ1n) is 8.87. The molecule has 0 atom stereocenters. The van der Waals surface area contributed by atoms with E-state index >= 15 is 0 Å². The summed E-state index contributed by atoms with van der Waals surface area (Å²) >= 11 is 0. The normalized spacial score (nSPS) is 16.9. The second-order valence-corrected chi connectivity index (χ2v) is 6.49. The minimum Gasteiger partial charge on any atom is -0.381 e. The first-order valence-corrected chi connectivity index (χ1v) is 8.87. The Morgan fingerprint density at radius 1 is 1.09 bits per heavy atom. The van der Waals surface area contributed by atoms with Crippen LogP contribution in [0.1, 0.15) is 50.5 Å². The van der Waals surface area contributed by atoms with Crippen molar-refractivity contribution in [1.29, 1.82) is 0 Å². The number of carbonyl (C=O) groups excluding carboxylic acids is 1. The maximum atomic E-state index is 12.1. The molecule has 1 amide bonds. The molecule has 1 aliphatic rings. The number of rotatable bonds is 9. The summed E-state index contributed by atoms with van der Waals surface area (Å²) in [6.45, 7) is 2.99. The molecular formula is C19H30N2O2. The molecule has 1 heterocycles. The van der Waals surface area contributed by atoms with Crippen molar-refractivity contribution in [1.82, 2.24) is 5.32 Å². The van der Waals surface area contributed by atoms with Crippen molar-refractivity contribution in [3.8, 4) is 0 Å². The van der Waals surface area contributed by atoms with Crippen molar-refractivity contribution in [3.05, 3.63) is 35.9 Å². The number of nitrogens with one attached hydrogen (secondary N) is 1. The molecule has 0 aromatic heterocycles. The van der Waals surface area contributed by atoms with Gasteiger partial charge in [0, 0.05) is 31.6 Å². The second-order valence-electron chi connectivity index (χ2n) is 6.49. The summed E-state index contributed by atoms with van der Waals surface area (Å²) in [4.78, 5) is 12.1. The molecule has 0 unspecified atom stereocenters. The van der Waals surface area contributed by atoms with E-state index in [-0.39, 0.29) is 11.3 Å². The summed E-state index contributed by atoms with van der Waals surface area (Å²) in [6, 6.07) is 10.5. The Morgan fingerprint density at radius 2 is 1.78 bits per heavy atom. The molecule has 1 fully saturated rings. The fourth-order valence-electron chi connectivity index (χ4n) is 3.26. The Morgan fingerprint density at radius 3 is 2.48 bits per heavy atom. The van der Waals surface area contributed by atoms with Crippen molar-refractivity contribution < 1.29 is 9.53 Å². The molecule has 4 nitrogen and oxygen atoms in total. The Kier molecular flexibility index (Phi) is 7.56. The summed E-state index contributed by atoms with van der Waals surface area (Å²) in [5.74, 6) is 0.166. The average molecular weight is 318 g/mol. The van der Waals surface area contributed by atoms with Crippen LogP contribution < -0.4 is 11.1 Å². The Labute approximate surface area is 139 Å². The van der Waals surface area contributed by atoms with E-state index in [2.05, 4.69) is 29.6 Å². The van der Waals surface area contributed by atoms with Gasteiger partial charge in [0.1, 0.15) is 0 Å². The van der Waals surface area contributed by atoms with Gasteiger partial charge < -0.3 is 15.8 Å². The summed E-state index contributed by atoms with van der Waals surface area (Å²) < 4.78 is 5.53. The van der Waals surface area contributed by atoms with Gasteiger partial charge in [-0.1, -0.05) is 43.2 Å². The van der Waals surface area contributed by atoms with E-state index < -0.39 is 0 Å². The van der Waals surface area contributed by atoms with Crippen molar-refractivity contribution in [3.63, 3.8) is 0 Å². The fourth-order valence-corrected chi connectivity index (χ4v) is 3.26. The zero-order valence-corrected chi connectivity index (χ0v) is 14.1. The third kappa shape index (κ3) is 5.63. The Bertz CT molecular complexity index is 456. The predicted molar refractivity (Wildman–Crippen MR) is 93.3 cm³/mol. The van der Waals surface area contributed by atoms with Gasteiger partial charge in [-0.15, -0.1) is 0 Å². The molecule has 0 bridgehead atoms. The highest BCUT2D eigenvalue weighted by atomic mass is 16.5. The Hall–Kier alpha value is -1.39. The number of nitrogens with two attached hydrogens (primary N) is 1. The molecule has 2 rings (SSSR count). The highest BCUT2D eigenvalue weighted by molar-refractivity contribution is 5.76. The lowest BCUT2D eigenvalue weighted by molar-refractivity contribution is -0.121. The zero-order valence-electron chi connectivity index (χ0n) is 14.1. The van der Waals surface area contributed by atoms with Crippen molar-refractivity contribution in [2.75, 3.05) is 26.3 Å². The first-order chi connectivity index (χ1) is 11.3. The zero-order chi connectivity index (χ0) is 16.4. The van der Waals surface area contributed by atoms with Gasteiger partial charge >= 0.3 is 0 Å². The van der Waals surface area contributed by atoms with Gasteiger partial charge in [0.05, 0.1) is 0 Å². The van der Waals surface area contributed by atoms with E-state index in [1.54, 1.807) is 0 Å². The minimum absolute atomic E-state index is 0.0225. The van der Waals surface area contributed by atoms with Gasteiger partial charge in [0.15, 0.2) is 0 Å². The van der Waals surface area contributed by atoms with Crippen molar-refractivity contribution in [2.45, 2.75) is 50.4 Å². The van der Waals surface area contributed by atoms with Crippen LogP contribution in [0.15, 0.2) is 30.3 Å². The molecule has 0 aliphatic carbocycles. The van der Waals surface area contributed by atoms with E-state index in [1.807, 2.05) is 6.07 Å². The molecule has 0 radical (unpaired) electrons. The number of carbonyl (C=O) groups is 1.